The number of hydrogen-bond donors (Lipinski definition) is 0. The Morgan fingerprint density at radius 1 is 1.80 bits per heavy atom. The second-order valence-electron chi connectivity index (χ2n) is 2.77. The number of carbonyl (C=O) groups is 1. The van der Waals surface area contributed by atoms with E-state index in [2.05, 4.69) is 0 Å². The average Bonchev–Trinajstić information content (AvgIpc) is 2.59. The number of hydrogen-bond acceptors (Lipinski definition) is 3. The third kappa shape index (κ3) is 0.736. The molecule has 0 radical (unpaired) electrons. The van der Waals surface area contributed by atoms with Crippen molar-refractivity contribution < 1.29 is 14.3 Å². The van der Waals surface area contributed by atoms with Crippen molar-refractivity contribution in [2.45, 2.75) is 19.6 Å². The molecule has 0 amide bonds. The lowest BCUT2D eigenvalue weighted by Crippen LogP contribution is -2.16. The molecule has 0 bridgehead atoms. The van der Waals surface area contributed by atoms with Gasteiger partial charge in [-0.2, -0.15) is 0 Å². The molecule has 1 heterocycles. The largest absolute Gasteiger partial charge is 0.435 e. The first-order valence-electron chi connectivity index (χ1n) is 3.65. The van der Waals surface area contributed by atoms with E-state index in [1.807, 2.05) is 6.92 Å². The molecule has 3 atom stereocenters. The highest BCUT2D eigenvalue weighted by Gasteiger charge is 2.57. The second-order valence-corrected chi connectivity index (χ2v) is 2.77. The number of cyclic esters (lactones) is 1. The summed E-state index contributed by atoms with van der Waals surface area (Å²) in [5.74, 6) is 0.493. The summed E-state index contributed by atoms with van der Waals surface area (Å²) in [5, 5.41) is 0. The van der Waals surface area contributed by atoms with Gasteiger partial charge in [0.15, 0.2) is 0 Å². The van der Waals surface area contributed by atoms with Gasteiger partial charge in [0.05, 0.1) is 5.92 Å². The van der Waals surface area contributed by atoms with Crippen LogP contribution in [0, 0.1) is 11.8 Å². The fraction of sp³-hybridized carbons (Fsp3) is 0.857. The van der Waals surface area contributed by atoms with Gasteiger partial charge >= 0.3 is 5.97 Å². The zero-order chi connectivity index (χ0) is 7.14. The molecule has 0 N–H and O–H groups in total. The van der Waals surface area contributed by atoms with Crippen LogP contribution in [0.3, 0.4) is 0 Å². The van der Waals surface area contributed by atoms with Crippen molar-refractivity contribution in [1.29, 1.82) is 0 Å². The highest BCUT2D eigenvalue weighted by atomic mass is 16.7. The van der Waals surface area contributed by atoms with Crippen molar-refractivity contribution in [2.24, 2.45) is 11.8 Å². The minimum absolute atomic E-state index is 0.0662. The molecule has 10 heavy (non-hydrogen) atoms. The Morgan fingerprint density at radius 2 is 2.60 bits per heavy atom. The Balaban J connectivity index is 1.95. The summed E-state index contributed by atoms with van der Waals surface area (Å²) in [5.41, 5.74) is 0. The quantitative estimate of drug-likeness (QED) is 0.528. The van der Waals surface area contributed by atoms with Crippen LogP contribution in [0.2, 0.25) is 0 Å². The molecule has 2 rings (SSSR count). The molecule has 1 saturated carbocycles. The van der Waals surface area contributed by atoms with Crippen molar-refractivity contribution in [3.05, 3.63) is 0 Å². The lowest BCUT2D eigenvalue weighted by molar-refractivity contribution is -0.169. The molecule has 0 aromatic rings. The van der Waals surface area contributed by atoms with Crippen molar-refractivity contribution in [2.75, 3.05) is 6.61 Å². The van der Waals surface area contributed by atoms with E-state index in [1.165, 1.54) is 0 Å². The number of fused-ring (bicyclic) bond motifs is 1. The summed E-state index contributed by atoms with van der Waals surface area (Å²) in [6.07, 6.45) is 0.756. The van der Waals surface area contributed by atoms with Crippen LogP contribution < -0.4 is 0 Å². The molecule has 56 valence electrons. The first-order valence-corrected chi connectivity index (χ1v) is 3.65. The number of esters is 1. The lowest BCUT2D eigenvalue weighted by atomic mass is 10.3. The van der Waals surface area contributed by atoms with Gasteiger partial charge in [-0.3, -0.25) is 4.79 Å². The van der Waals surface area contributed by atoms with Crippen molar-refractivity contribution in [3.8, 4) is 0 Å². The van der Waals surface area contributed by atoms with E-state index in [1.54, 1.807) is 0 Å². The van der Waals surface area contributed by atoms with Gasteiger partial charge in [0.1, 0.15) is 0 Å². The second kappa shape index (κ2) is 1.95. The van der Waals surface area contributed by atoms with Crippen molar-refractivity contribution in [1.82, 2.24) is 0 Å². The van der Waals surface area contributed by atoms with Crippen LogP contribution in [0.5, 0.6) is 0 Å². The van der Waals surface area contributed by atoms with E-state index in [-0.39, 0.29) is 18.2 Å². The normalized spacial score (nSPS) is 42.9. The Kier molecular flexibility index (Phi) is 1.20. The predicted octanol–water partition coefficient (Wildman–Crippen LogP) is 0.542. The zero-order valence-corrected chi connectivity index (χ0v) is 5.87. The zero-order valence-electron chi connectivity index (χ0n) is 5.87. The highest BCUT2D eigenvalue weighted by molar-refractivity contribution is 5.78. The maximum Gasteiger partial charge on any atom is 0.311 e. The van der Waals surface area contributed by atoms with Crippen LogP contribution in [0.15, 0.2) is 0 Å². The van der Waals surface area contributed by atoms with E-state index in [0.29, 0.717) is 12.5 Å². The predicted molar refractivity (Wildman–Crippen MR) is 33.1 cm³/mol. The molecule has 0 aromatic heterocycles. The van der Waals surface area contributed by atoms with E-state index in [4.69, 9.17) is 9.47 Å². The average molecular weight is 142 g/mol. The molecule has 2 aliphatic rings. The van der Waals surface area contributed by atoms with Gasteiger partial charge in [0.25, 0.3) is 0 Å². The van der Waals surface area contributed by atoms with Gasteiger partial charge < -0.3 is 9.47 Å². The van der Waals surface area contributed by atoms with Crippen LogP contribution in [-0.2, 0) is 14.3 Å². The first-order chi connectivity index (χ1) is 4.83. The van der Waals surface area contributed by atoms with Gasteiger partial charge in [-0.15, -0.1) is 0 Å². The molecular formula is C7H10O3. The maximum absolute atomic E-state index is 10.8. The summed E-state index contributed by atoms with van der Waals surface area (Å²) < 4.78 is 10.1. The molecule has 3 heteroatoms. The van der Waals surface area contributed by atoms with Crippen molar-refractivity contribution >= 4 is 5.97 Å². The number of rotatable bonds is 2. The SMILES string of the molecule is CCOC1OC(=O)C2CC12. The smallest absolute Gasteiger partial charge is 0.311 e. The Bertz CT molecular complexity index is 166. The molecular weight excluding hydrogens is 132 g/mol. The molecule has 1 aliphatic heterocycles. The third-order valence-electron chi connectivity index (χ3n) is 2.06. The topological polar surface area (TPSA) is 35.5 Å². The summed E-state index contributed by atoms with van der Waals surface area (Å²) in [6.45, 7) is 2.53. The lowest BCUT2D eigenvalue weighted by Gasteiger charge is -2.10. The van der Waals surface area contributed by atoms with Gasteiger partial charge in [0, 0.05) is 12.5 Å². The summed E-state index contributed by atoms with van der Waals surface area (Å²) in [4.78, 5) is 10.8. The Morgan fingerprint density at radius 3 is 3.00 bits per heavy atom. The maximum atomic E-state index is 10.8. The monoisotopic (exact) mass is 142 g/mol. The Hall–Kier alpha value is -0.570. The van der Waals surface area contributed by atoms with E-state index >= 15 is 0 Å². The van der Waals surface area contributed by atoms with Gasteiger partial charge in [0.2, 0.25) is 6.29 Å². The highest BCUT2D eigenvalue weighted by Crippen LogP contribution is 2.49. The van der Waals surface area contributed by atoms with Crippen LogP contribution in [0.25, 0.3) is 0 Å². The van der Waals surface area contributed by atoms with Crippen LogP contribution in [-0.4, -0.2) is 18.9 Å². The molecule has 1 aliphatic carbocycles. The third-order valence-corrected chi connectivity index (χ3v) is 2.06. The molecule has 3 nitrogen and oxygen atoms in total. The van der Waals surface area contributed by atoms with Crippen molar-refractivity contribution in [3.63, 3.8) is 0 Å². The fourth-order valence-corrected chi connectivity index (χ4v) is 1.40. The van der Waals surface area contributed by atoms with E-state index in [0.717, 1.165) is 6.42 Å². The van der Waals surface area contributed by atoms with Gasteiger partial charge in [-0.25, -0.2) is 0 Å². The fourth-order valence-electron chi connectivity index (χ4n) is 1.40. The van der Waals surface area contributed by atoms with Crippen LogP contribution in [0.4, 0.5) is 0 Å². The number of ether oxygens (including phenoxy) is 2. The molecule has 0 aromatic carbocycles. The summed E-state index contributed by atoms with van der Waals surface area (Å²) in [6, 6.07) is 0. The molecule has 3 unspecified atom stereocenters. The van der Waals surface area contributed by atoms with Gasteiger partial charge in [-0.1, -0.05) is 0 Å². The Labute approximate surface area is 59.3 Å². The minimum atomic E-state index is -0.220. The van der Waals surface area contributed by atoms with Crippen LogP contribution in [0.1, 0.15) is 13.3 Å². The first kappa shape index (κ1) is 6.16. The summed E-state index contributed by atoms with van der Waals surface area (Å²) >= 11 is 0. The standard InChI is InChI=1S/C7H10O3/c1-2-9-7-5-3-4(5)6(8)10-7/h4-5,7H,2-3H2,1H3. The van der Waals surface area contributed by atoms with Crippen LogP contribution >= 0.6 is 0 Å². The molecule has 1 saturated heterocycles. The molecule has 2 fully saturated rings. The van der Waals surface area contributed by atoms with E-state index in [9.17, 15) is 4.79 Å². The number of carbonyl (C=O) groups excluding carboxylic acids is 1. The summed E-state index contributed by atoms with van der Waals surface area (Å²) in [7, 11) is 0. The molecule has 0 spiro atoms. The van der Waals surface area contributed by atoms with Gasteiger partial charge in [-0.05, 0) is 13.3 Å². The van der Waals surface area contributed by atoms with E-state index < -0.39 is 0 Å². The minimum Gasteiger partial charge on any atom is -0.435 e.